The smallest absolute Gasteiger partial charge is 0.306 e. The van der Waals surface area contributed by atoms with E-state index < -0.39 is 23.5 Å². The third-order valence-corrected chi connectivity index (χ3v) is 4.55. The molecular formula is C18H23BrN2O4. The second-order valence-corrected chi connectivity index (χ2v) is 8.08. The highest BCUT2D eigenvalue weighted by molar-refractivity contribution is 9.10. The first-order valence-corrected chi connectivity index (χ1v) is 8.94. The molecule has 2 atom stereocenters. The van der Waals surface area contributed by atoms with Crippen molar-refractivity contribution in [1.29, 1.82) is 0 Å². The van der Waals surface area contributed by atoms with Crippen molar-refractivity contribution in [2.75, 3.05) is 0 Å². The number of halogens is 1. The number of hydrogen-bond acceptors (Lipinski definition) is 4. The molecule has 136 valence electrons. The van der Waals surface area contributed by atoms with Gasteiger partial charge in [0.25, 0.3) is 5.91 Å². The number of esters is 1. The molecule has 6 nitrogen and oxygen atoms in total. The quantitative estimate of drug-likeness (QED) is 0.755. The third-order valence-electron chi connectivity index (χ3n) is 4.05. The molecule has 1 aromatic carbocycles. The highest BCUT2D eigenvalue weighted by atomic mass is 79.9. The van der Waals surface area contributed by atoms with Crippen LogP contribution in [0.5, 0.6) is 0 Å². The van der Waals surface area contributed by atoms with E-state index in [1.165, 1.54) is 4.90 Å². The standard InChI is InChI=1S/C18H23BrN2O4/c1-10-13-9-11(19)5-6-12(13)17(24)21(10)14(16(20)23)7-8-15(22)25-18(2,3)4/h5-6,9-10,14H,7-8H2,1-4H3,(H2,20,23)/t10?,14-/m0/s1. The average Bonchev–Trinajstić information content (AvgIpc) is 2.70. The molecule has 0 aliphatic carbocycles. The molecule has 1 aliphatic heterocycles. The maximum absolute atomic E-state index is 12.7. The molecule has 0 saturated carbocycles. The summed E-state index contributed by atoms with van der Waals surface area (Å²) in [6.07, 6.45) is 0.150. The van der Waals surface area contributed by atoms with Crippen LogP contribution in [0.15, 0.2) is 22.7 Å². The summed E-state index contributed by atoms with van der Waals surface area (Å²) in [5, 5.41) is 0. The average molecular weight is 411 g/mol. The lowest BCUT2D eigenvalue weighted by Gasteiger charge is -2.30. The summed E-state index contributed by atoms with van der Waals surface area (Å²) in [5.74, 6) is -1.29. The fraction of sp³-hybridized carbons (Fsp3) is 0.500. The Morgan fingerprint density at radius 1 is 1.36 bits per heavy atom. The molecule has 0 aromatic heterocycles. The first kappa shape index (κ1) is 19.4. The molecule has 0 spiro atoms. The lowest BCUT2D eigenvalue weighted by molar-refractivity contribution is -0.155. The summed E-state index contributed by atoms with van der Waals surface area (Å²) < 4.78 is 6.12. The molecule has 0 saturated heterocycles. The molecule has 2 N–H and O–H groups in total. The Balaban J connectivity index is 2.17. The van der Waals surface area contributed by atoms with E-state index >= 15 is 0 Å². The van der Waals surface area contributed by atoms with E-state index in [9.17, 15) is 14.4 Å². The van der Waals surface area contributed by atoms with E-state index in [2.05, 4.69) is 15.9 Å². The number of rotatable bonds is 5. The maximum atomic E-state index is 12.7. The van der Waals surface area contributed by atoms with Gasteiger partial charge in [-0.15, -0.1) is 0 Å². The lowest BCUT2D eigenvalue weighted by Crippen LogP contribution is -2.46. The minimum atomic E-state index is -0.860. The largest absolute Gasteiger partial charge is 0.460 e. The molecule has 0 bridgehead atoms. The molecule has 25 heavy (non-hydrogen) atoms. The van der Waals surface area contributed by atoms with Crippen LogP contribution in [-0.4, -0.2) is 34.3 Å². The van der Waals surface area contributed by atoms with Crippen molar-refractivity contribution in [3.8, 4) is 0 Å². The molecule has 2 amide bonds. The summed E-state index contributed by atoms with van der Waals surface area (Å²) in [7, 11) is 0. The number of hydrogen-bond donors (Lipinski definition) is 1. The van der Waals surface area contributed by atoms with Gasteiger partial charge < -0.3 is 15.4 Å². The minimum Gasteiger partial charge on any atom is -0.460 e. The van der Waals surface area contributed by atoms with Gasteiger partial charge in [-0.1, -0.05) is 15.9 Å². The molecule has 1 aromatic rings. The van der Waals surface area contributed by atoms with Crippen LogP contribution in [-0.2, 0) is 14.3 Å². The van der Waals surface area contributed by atoms with Crippen LogP contribution in [0, 0.1) is 0 Å². The first-order chi connectivity index (χ1) is 11.5. The van der Waals surface area contributed by atoms with Gasteiger partial charge in [-0.05, 0) is 57.9 Å². The van der Waals surface area contributed by atoms with E-state index in [0.29, 0.717) is 5.56 Å². The van der Waals surface area contributed by atoms with Gasteiger partial charge in [0, 0.05) is 16.5 Å². The van der Waals surface area contributed by atoms with E-state index in [4.69, 9.17) is 10.5 Å². The first-order valence-electron chi connectivity index (χ1n) is 8.14. The van der Waals surface area contributed by atoms with E-state index in [-0.39, 0.29) is 24.8 Å². The summed E-state index contributed by atoms with van der Waals surface area (Å²) in [4.78, 5) is 38.1. The van der Waals surface area contributed by atoms with Gasteiger partial charge >= 0.3 is 5.97 Å². The van der Waals surface area contributed by atoms with Gasteiger partial charge in [0.1, 0.15) is 11.6 Å². The molecule has 2 rings (SSSR count). The zero-order chi connectivity index (χ0) is 18.9. The number of nitrogens with two attached hydrogens (primary N) is 1. The van der Waals surface area contributed by atoms with Gasteiger partial charge in [0.05, 0.1) is 6.04 Å². The number of fused-ring (bicyclic) bond motifs is 1. The Bertz CT molecular complexity index is 712. The lowest BCUT2D eigenvalue weighted by atomic mass is 10.0. The molecular weight excluding hydrogens is 388 g/mol. The molecule has 0 fully saturated rings. The molecule has 0 radical (unpaired) electrons. The highest BCUT2D eigenvalue weighted by Gasteiger charge is 2.40. The molecule has 1 aliphatic rings. The zero-order valence-electron chi connectivity index (χ0n) is 14.8. The highest BCUT2D eigenvalue weighted by Crippen LogP contribution is 2.37. The number of benzene rings is 1. The van der Waals surface area contributed by atoms with Crippen LogP contribution in [0.25, 0.3) is 0 Å². The van der Waals surface area contributed by atoms with Gasteiger partial charge in [0.15, 0.2) is 0 Å². The SMILES string of the molecule is CC1c2cc(Br)ccc2C(=O)N1[C@@H](CCC(=O)OC(C)(C)C)C(N)=O. The van der Waals surface area contributed by atoms with Gasteiger partial charge in [-0.25, -0.2) is 0 Å². The van der Waals surface area contributed by atoms with Crippen molar-refractivity contribution in [2.45, 2.75) is 58.2 Å². The fourth-order valence-electron chi connectivity index (χ4n) is 3.02. The van der Waals surface area contributed by atoms with Crippen molar-refractivity contribution >= 4 is 33.7 Å². The maximum Gasteiger partial charge on any atom is 0.306 e. The minimum absolute atomic E-state index is 0.0153. The fourth-order valence-corrected chi connectivity index (χ4v) is 3.39. The van der Waals surface area contributed by atoms with Crippen LogP contribution in [0.2, 0.25) is 0 Å². The van der Waals surface area contributed by atoms with Crippen molar-refractivity contribution in [2.24, 2.45) is 5.73 Å². The summed E-state index contributed by atoms with van der Waals surface area (Å²) in [5.41, 5.74) is 6.32. The second kappa shape index (κ2) is 7.15. The number of carbonyl (C=O) groups excluding carboxylic acids is 3. The number of carbonyl (C=O) groups is 3. The Labute approximate surface area is 155 Å². The monoisotopic (exact) mass is 410 g/mol. The Morgan fingerprint density at radius 2 is 2.00 bits per heavy atom. The number of amides is 2. The normalized spacial score (nSPS) is 18.0. The van der Waals surface area contributed by atoms with Crippen molar-refractivity contribution in [3.63, 3.8) is 0 Å². The Hall–Kier alpha value is -1.89. The zero-order valence-corrected chi connectivity index (χ0v) is 16.4. The van der Waals surface area contributed by atoms with E-state index in [0.717, 1.165) is 10.0 Å². The van der Waals surface area contributed by atoms with Crippen LogP contribution in [0.4, 0.5) is 0 Å². The number of primary amides is 1. The summed E-state index contributed by atoms with van der Waals surface area (Å²) in [6, 6.07) is 4.22. The van der Waals surface area contributed by atoms with E-state index in [1.807, 2.05) is 13.0 Å². The number of nitrogens with zero attached hydrogens (tertiary/aromatic N) is 1. The van der Waals surface area contributed by atoms with Crippen molar-refractivity contribution in [1.82, 2.24) is 4.90 Å². The Morgan fingerprint density at radius 3 is 2.56 bits per heavy atom. The van der Waals surface area contributed by atoms with E-state index in [1.54, 1.807) is 32.9 Å². The van der Waals surface area contributed by atoms with Crippen LogP contribution < -0.4 is 5.73 Å². The summed E-state index contributed by atoms with van der Waals surface area (Å²) in [6.45, 7) is 7.17. The molecule has 1 unspecified atom stereocenters. The summed E-state index contributed by atoms with van der Waals surface area (Å²) >= 11 is 3.39. The molecule has 7 heteroatoms. The van der Waals surface area contributed by atoms with Crippen LogP contribution in [0.1, 0.15) is 62.5 Å². The van der Waals surface area contributed by atoms with Crippen LogP contribution >= 0.6 is 15.9 Å². The Kier molecular flexibility index (Phi) is 5.56. The predicted molar refractivity (Wildman–Crippen MR) is 96.8 cm³/mol. The molecule has 1 heterocycles. The van der Waals surface area contributed by atoms with Crippen molar-refractivity contribution < 1.29 is 19.1 Å². The predicted octanol–water partition coefficient (Wildman–Crippen LogP) is 2.94. The van der Waals surface area contributed by atoms with Gasteiger partial charge in [0.2, 0.25) is 5.91 Å². The third kappa shape index (κ3) is 4.39. The van der Waals surface area contributed by atoms with Crippen LogP contribution in [0.3, 0.4) is 0 Å². The van der Waals surface area contributed by atoms with Crippen molar-refractivity contribution in [3.05, 3.63) is 33.8 Å². The van der Waals surface area contributed by atoms with Gasteiger partial charge in [-0.3, -0.25) is 14.4 Å². The second-order valence-electron chi connectivity index (χ2n) is 7.16. The van der Waals surface area contributed by atoms with Gasteiger partial charge in [-0.2, -0.15) is 0 Å². The topological polar surface area (TPSA) is 89.7 Å². The number of ether oxygens (including phenoxy) is 1.